The summed E-state index contributed by atoms with van der Waals surface area (Å²) in [6.45, 7) is 1.61. The van der Waals surface area contributed by atoms with Crippen molar-refractivity contribution < 1.29 is 4.92 Å². The molecule has 0 amide bonds. The minimum Gasteiger partial charge on any atom is -0.352 e. The average Bonchev–Trinajstić information content (AvgIpc) is 2.48. The molecule has 2 heterocycles. The van der Waals surface area contributed by atoms with Crippen molar-refractivity contribution in [2.45, 2.75) is 25.7 Å². The molecule has 0 N–H and O–H groups in total. The molecule has 0 aromatic carbocycles. The van der Waals surface area contributed by atoms with Gasteiger partial charge in [-0.1, -0.05) is 44.7 Å². The van der Waals surface area contributed by atoms with Gasteiger partial charge in [0.2, 0.25) is 0 Å². The maximum absolute atomic E-state index is 11.2. The molecule has 0 fully saturated rings. The topological polar surface area (TPSA) is 59.3 Å². The molecule has 2 rings (SSSR count). The van der Waals surface area contributed by atoms with E-state index >= 15 is 0 Å². The highest BCUT2D eigenvalue weighted by atomic mass is 79.9. The Morgan fingerprint density at radius 1 is 1.33 bits per heavy atom. The number of hydrogen-bond acceptors (Lipinski definition) is 4. The quantitative estimate of drug-likeness (QED) is 0.283. The van der Waals surface area contributed by atoms with Crippen LogP contribution in [0, 0.1) is 10.1 Å². The Balaban J connectivity index is 2.12. The van der Waals surface area contributed by atoms with Crippen molar-refractivity contribution in [3.8, 4) is 0 Å². The summed E-state index contributed by atoms with van der Waals surface area (Å²) < 4.78 is 0.757. The van der Waals surface area contributed by atoms with Crippen LogP contribution < -0.4 is 4.90 Å². The van der Waals surface area contributed by atoms with Gasteiger partial charge in [-0.3, -0.25) is 10.1 Å². The van der Waals surface area contributed by atoms with Crippen LogP contribution in [0.2, 0.25) is 0 Å². The second kappa shape index (κ2) is 7.89. The van der Waals surface area contributed by atoms with Gasteiger partial charge in [-0.25, -0.2) is 4.98 Å². The zero-order valence-electron chi connectivity index (χ0n) is 11.6. The summed E-state index contributed by atoms with van der Waals surface area (Å²) in [6, 6.07) is 1.45. The first-order valence-corrected chi connectivity index (χ1v) is 8.87. The van der Waals surface area contributed by atoms with E-state index in [4.69, 9.17) is 0 Å². The molecule has 0 spiro atoms. The second-order valence-electron chi connectivity index (χ2n) is 4.89. The molecule has 1 aliphatic heterocycles. The van der Waals surface area contributed by atoms with E-state index in [2.05, 4.69) is 41.7 Å². The third-order valence-electron chi connectivity index (χ3n) is 3.45. The fraction of sp³-hybridized carbons (Fsp3) is 0.500. The van der Waals surface area contributed by atoms with E-state index < -0.39 is 0 Å². The number of alkyl halides is 1. The van der Waals surface area contributed by atoms with E-state index in [0.29, 0.717) is 11.4 Å². The summed E-state index contributed by atoms with van der Waals surface area (Å²) in [5.41, 5.74) is 0.696. The van der Waals surface area contributed by atoms with Crippen LogP contribution in [0.25, 0.3) is 4.48 Å². The highest BCUT2D eigenvalue weighted by Crippen LogP contribution is 2.39. The van der Waals surface area contributed by atoms with Crippen LogP contribution >= 0.6 is 31.9 Å². The largest absolute Gasteiger partial charge is 0.352 e. The van der Waals surface area contributed by atoms with E-state index in [1.807, 2.05) is 6.08 Å². The fourth-order valence-corrected chi connectivity index (χ4v) is 3.31. The lowest BCUT2D eigenvalue weighted by Crippen LogP contribution is -2.29. The van der Waals surface area contributed by atoms with Crippen LogP contribution in [0.15, 0.2) is 18.3 Å². The molecule has 0 unspecified atom stereocenters. The van der Waals surface area contributed by atoms with Crippen molar-refractivity contribution in [3.05, 3.63) is 34.0 Å². The summed E-state index contributed by atoms with van der Waals surface area (Å²) in [5, 5.41) is 12.2. The molecule has 5 nitrogen and oxygen atoms in total. The second-order valence-corrected chi connectivity index (χ2v) is 6.53. The number of nitro groups is 1. The molecule has 114 valence electrons. The van der Waals surface area contributed by atoms with E-state index in [1.165, 1.54) is 25.1 Å². The van der Waals surface area contributed by atoms with Gasteiger partial charge in [0.25, 0.3) is 5.69 Å². The van der Waals surface area contributed by atoms with Crippen LogP contribution in [0.3, 0.4) is 0 Å². The molecule has 7 heteroatoms. The van der Waals surface area contributed by atoms with Gasteiger partial charge in [-0.05, 0) is 18.9 Å². The molecule has 0 atom stereocenters. The van der Waals surface area contributed by atoms with E-state index in [1.54, 1.807) is 0 Å². The number of nitrogens with zero attached hydrogens (tertiary/aromatic N) is 3. The zero-order chi connectivity index (χ0) is 15.2. The predicted molar refractivity (Wildman–Crippen MR) is 92.3 cm³/mol. The van der Waals surface area contributed by atoms with Gasteiger partial charge in [-0.15, -0.1) is 0 Å². The summed E-state index contributed by atoms with van der Waals surface area (Å²) >= 11 is 6.85. The summed E-state index contributed by atoms with van der Waals surface area (Å²) in [6.07, 6.45) is 8.11. The standard InChI is InChI=1S/C14H17Br2N3O2/c15-7-3-1-2-4-9-18-10-6-11(16)13-12(19(20)21)5-8-17-14(13)18/h5-6,8H,1-4,7,9-10H2. The number of aromatic nitrogens is 1. The van der Waals surface area contributed by atoms with Crippen LogP contribution in [-0.4, -0.2) is 28.3 Å². The number of fused-ring (bicyclic) bond motifs is 1. The Labute approximate surface area is 140 Å². The number of unbranched alkanes of at least 4 members (excludes halogenated alkanes) is 3. The Kier molecular flexibility index (Phi) is 6.17. The molecule has 0 saturated heterocycles. The van der Waals surface area contributed by atoms with Crippen molar-refractivity contribution >= 4 is 47.8 Å². The number of hydrogen-bond donors (Lipinski definition) is 0. The number of anilines is 1. The predicted octanol–water partition coefficient (Wildman–Crippen LogP) is 4.50. The molecule has 0 radical (unpaired) electrons. The monoisotopic (exact) mass is 417 g/mol. The van der Waals surface area contributed by atoms with Gasteiger partial charge in [0.05, 0.1) is 4.92 Å². The molecule has 1 aromatic rings. The van der Waals surface area contributed by atoms with Crippen LogP contribution in [0.1, 0.15) is 31.2 Å². The van der Waals surface area contributed by atoms with E-state index in [-0.39, 0.29) is 10.6 Å². The van der Waals surface area contributed by atoms with Gasteiger partial charge >= 0.3 is 0 Å². The molecule has 0 aliphatic carbocycles. The molecule has 0 bridgehead atoms. The third kappa shape index (κ3) is 4.03. The lowest BCUT2D eigenvalue weighted by Gasteiger charge is -2.27. The molecule has 1 aliphatic rings. The van der Waals surface area contributed by atoms with Crippen LogP contribution in [0.4, 0.5) is 11.5 Å². The van der Waals surface area contributed by atoms with Crippen LogP contribution in [-0.2, 0) is 0 Å². The molecule has 1 aromatic heterocycles. The van der Waals surface area contributed by atoms with Crippen molar-refractivity contribution in [1.82, 2.24) is 4.98 Å². The minimum absolute atomic E-state index is 0.104. The molecular formula is C14H17Br2N3O2. The molecule has 0 saturated carbocycles. The molecule has 21 heavy (non-hydrogen) atoms. The maximum Gasteiger partial charge on any atom is 0.283 e. The lowest BCUT2D eigenvalue weighted by molar-refractivity contribution is -0.385. The Bertz CT molecular complexity index is 549. The van der Waals surface area contributed by atoms with Gasteiger partial charge in [0.1, 0.15) is 11.4 Å². The first-order valence-electron chi connectivity index (χ1n) is 6.95. The average molecular weight is 419 g/mol. The van der Waals surface area contributed by atoms with Gasteiger partial charge in [0.15, 0.2) is 0 Å². The van der Waals surface area contributed by atoms with Gasteiger partial charge in [0, 0.05) is 35.2 Å². The molecular weight excluding hydrogens is 402 g/mol. The van der Waals surface area contributed by atoms with Crippen LogP contribution in [0.5, 0.6) is 0 Å². The van der Waals surface area contributed by atoms with Gasteiger partial charge in [-0.2, -0.15) is 0 Å². The summed E-state index contributed by atoms with van der Waals surface area (Å²) in [7, 11) is 0. The summed E-state index contributed by atoms with van der Waals surface area (Å²) in [5.74, 6) is 0.707. The third-order valence-corrected chi connectivity index (χ3v) is 4.73. The Morgan fingerprint density at radius 3 is 2.81 bits per heavy atom. The number of rotatable bonds is 7. The van der Waals surface area contributed by atoms with Crippen molar-refractivity contribution in [1.29, 1.82) is 0 Å². The minimum atomic E-state index is -0.352. The maximum atomic E-state index is 11.2. The first-order chi connectivity index (χ1) is 10.1. The van der Waals surface area contributed by atoms with Crippen molar-refractivity contribution in [3.63, 3.8) is 0 Å². The summed E-state index contributed by atoms with van der Waals surface area (Å²) in [4.78, 5) is 17.3. The van der Waals surface area contributed by atoms with E-state index in [0.717, 1.165) is 35.7 Å². The smallest absolute Gasteiger partial charge is 0.283 e. The normalized spacial score (nSPS) is 13.8. The highest BCUT2D eigenvalue weighted by molar-refractivity contribution is 9.15. The zero-order valence-corrected chi connectivity index (χ0v) is 14.8. The SMILES string of the molecule is O=[N+]([O-])c1ccnc2c1C(Br)=CCN2CCCCCCBr. The first kappa shape index (κ1) is 16.4. The van der Waals surface area contributed by atoms with Crippen molar-refractivity contribution in [2.75, 3.05) is 23.3 Å². The number of halogens is 2. The fourth-order valence-electron chi connectivity index (χ4n) is 2.39. The number of pyridine rings is 1. The van der Waals surface area contributed by atoms with Gasteiger partial charge < -0.3 is 4.90 Å². The lowest BCUT2D eigenvalue weighted by atomic mass is 10.1. The highest BCUT2D eigenvalue weighted by Gasteiger charge is 2.26. The Hall–Kier alpha value is -0.950. The Morgan fingerprint density at radius 2 is 2.10 bits per heavy atom. The van der Waals surface area contributed by atoms with E-state index in [9.17, 15) is 10.1 Å². The van der Waals surface area contributed by atoms with Crippen molar-refractivity contribution in [2.24, 2.45) is 0 Å².